The van der Waals surface area contributed by atoms with Crippen molar-refractivity contribution < 1.29 is 0 Å². The highest BCUT2D eigenvalue weighted by molar-refractivity contribution is 7.20. The molecule has 0 aliphatic rings. The molecule has 0 rings (SSSR count). The summed E-state index contributed by atoms with van der Waals surface area (Å²) in [6.07, 6.45) is 3.58. The fourth-order valence-electron chi connectivity index (χ4n) is 0.0786. The van der Waals surface area contributed by atoms with E-state index in [0.717, 1.165) is 0 Å². The Bertz CT molecular complexity index is 45.6. The zero-order chi connectivity index (χ0) is 4.12. The first kappa shape index (κ1) is 4.91. The summed E-state index contributed by atoms with van der Waals surface area (Å²) < 4.78 is 0. The Morgan fingerprint density at radius 1 is 1.60 bits per heavy atom. The molecule has 0 aromatic carbocycles. The van der Waals surface area contributed by atoms with Gasteiger partial charge in [0.2, 0.25) is 0 Å². The number of hydrogen-bond donors (Lipinski definition) is 0. The molecule has 0 N–H and O–H groups in total. The highest BCUT2D eigenvalue weighted by Crippen LogP contribution is 1.79. The molecular weight excluding hydrogens is 79.0 g/mol. The van der Waals surface area contributed by atoms with Crippen LogP contribution >= 0.6 is 9.24 Å². The summed E-state index contributed by atoms with van der Waals surface area (Å²) in [5, 5.41) is 0. The minimum absolute atomic E-state index is 1.73. The first-order valence-corrected chi connectivity index (χ1v) is 2.07. The molecule has 0 aliphatic carbocycles. The van der Waals surface area contributed by atoms with Crippen molar-refractivity contribution in [3.63, 3.8) is 0 Å². The SMILES string of the molecule is C=C/C=C/P. The molecule has 0 aliphatic heterocycles. The van der Waals surface area contributed by atoms with Crippen molar-refractivity contribution in [2.75, 3.05) is 0 Å². The summed E-state index contributed by atoms with van der Waals surface area (Å²) in [4.78, 5) is 0. The minimum atomic E-state index is 1.73. The number of allylic oxidation sites excluding steroid dienone is 2. The van der Waals surface area contributed by atoms with Crippen molar-refractivity contribution >= 4 is 9.24 Å². The molecule has 0 fully saturated rings. The Balaban J connectivity index is 2.92. The molecule has 0 heterocycles. The van der Waals surface area contributed by atoms with Crippen LogP contribution in [0.1, 0.15) is 0 Å². The second-order valence-electron chi connectivity index (χ2n) is 0.621. The van der Waals surface area contributed by atoms with Crippen LogP contribution in [0.3, 0.4) is 0 Å². The van der Waals surface area contributed by atoms with Gasteiger partial charge in [-0.15, -0.1) is 9.24 Å². The lowest BCUT2D eigenvalue weighted by Crippen LogP contribution is -1.28. The molecule has 0 radical (unpaired) electrons. The van der Waals surface area contributed by atoms with E-state index in [1.54, 1.807) is 6.08 Å². The fourth-order valence-corrected chi connectivity index (χ4v) is 0.236. The molecule has 1 heteroatoms. The van der Waals surface area contributed by atoms with Crippen LogP contribution in [-0.4, -0.2) is 0 Å². The first-order chi connectivity index (χ1) is 2.41. The highest BCUT2D eigenvalue weighted by Gasteiger charge is 1.41. The van der Waals surface area contributed by atoms with Crippen LogP contribution in [-0.2, 0) is 0 Å². The van der Waals surface area contributed by atoms with E-state index in [9.17, 15) is 0 Å². The summed E-state index contributed by atoms with van der Waals surface area (Å²) in [5.41, 5.74) is 0. The lowest BCUT2D eigenvalue weighted by atomic mass is 10.6. The largest absolute Gasteiger partial charge is 0.114 e. The van der Waals surface area contributed by atoms with E-state index in [1.165, 1.54) is 0 Å². The molecule has 1 unspecified atom stereocenters. The van der Waals surface area contributed by atoms with Gasteiger partial charge in [-0.1, -0.05) is 24.5 Å². The maximum absolute atomic E-state index is 3.45. The quantitative estimate of drug-likeness (QED) is 0.335. The zero-order valence-electron chi connectivity index (χ0n) is 3.02. The molecule has 0 bridgehead atoms. The molecule has 1 atom stereocenters. The molecule has 0 spiro atoms. The predicted octanol–water partition coefficient (Wildman–Crippen LogP) is 1.56. The van der Waals surface area contributed by atoms with Gasteiger partial charge in [-0.2, -0.15) is 0 Å². The molecule has 0 amide bonds. The Morgan fingerprint density at radius 3 is 2.20 bits per heavy atom. The van der Waals surface area contributed by atoms with Gasteiger partial charge in [0.05, 0.1) is 0 Å². The van der Waals surface area contributed by atoms with E-state index >= 15 is 0 Å². The van der Waals surface area contributed by atoms with Gasteiger partial charge in [0.25, 0.3) is 0 Å². The predicted molar refractivity (Wildman–Crippen MR) is 29.0 cm³/mol. The van der Waals surface area contributed by atoms with Gasteiger partial charge in [0.1, 0.15) is 0 Å². The lowest BCUT2D eigenvalue weighted by Gasteiger charge is -1.56. The van der Waals surface area contributed by atoms with Crippen molar-refractivity contribution in [2.24, 2.45) is 0 Å². The van der Waals surface area contributed by atoms with Gasteiger partial charge < -0.3 is 0 Å². The fraction of sp³-hybridized carbons (Fsp3) is 0. The van der Waals surface area contributed by atoms with Crippen LogP contribution in [0, 0.1) is 0 Å². The third-order valence-electron chi connectivity index (χ3n) is 0.247. The first-order valence-electron chi connectivity index (χ1n) is 1.41. The van der Waals surface area contributed by atoms with Crippen molar-refractivity contribution in [3.05, 3.63) is 24.5 Å². The van der Waals surface area contributed by atoms with Crippen LogP contribution in [0.4, 0.5) is 0 Å². The van der Waals surface area contributed by atoms with Gasteiger partial charge >= 0.3 is 0 Å². The van der Waals surface area contributed by atoms with Crippen LogP contribution in [0.25, 0.3) is 0 Å². The summed E-state index contributed by atoms with van der Waals surface area (Å²) in [5.74, 6) is 1.85. The van der Waals surface area contributed by atoms with E-state index in [4.69, 9.17) is 0 Å². The normalized spacial score (nSPS) is 9.00. The Kier molecular flexibility index (Phi) is 3.84. The Labute approximate surface area is 34.8 Å². The van der Waals surface area contributed by atoms with Crippen molar-refractivity contribution in [3.8, 4) is 0 Å². The van der Waals surface area contributed by atoms with E-state index in [0.29, 0.717) is 0 Å². The minimum Gasteiger partial charge on any atom is -0.114 e. The van der Waals surface area contributed by atoms with Gasteiger partial charge in [-0.25, -0.2) is 0 Å². The van der Waals surface area contributed by atoms with Crippen molar-refractivity contribution in [1.82, 2.24) is 0 Å². The summed E-state index contributed by atoms with van der Waals surface area (Å²) >= 11 is 0. The van der Waals surface area contributed by atoms with E-state index in [1.807, 2.05) is 11.9 Å². The third-order valence-corrected chi connectivity index (χ3v) is 0.469. The third kappa shape index (κ3) is 3.91. The van der Waals surface area contributed by atoms with Gasteiger partial charge in [-0.3, -0.25) is 0 Å². The van der Waals surface area contributed by atoms with Crippen molar-refractivity contribution in [2.45, 2.75) is 0 Å². The standard InChI is InChI=1S/C4H7P/c1-2-3-4-5/h2-4H,1,5H2/b4-3+. The van der Waals surface area contributed by atoms with E-state index < -0.39 is 0 Å². The van der Waals surface area contributed by atoms with Gasteiger partial charge in [-0.05, 0) is 0 Å². The smallest absolute Gasteiger partial charge is 0.0629 e. The lowest BCUT2D eigenvalue weighted by molar-refractivity contribution is 2.12. The van der Waals surface area contributed by atoms with Crippen LogP contribution in [0.5, 0.6) is 0 Å². The Hall–Kier alpha value is -0.0900. The zero-order valence-corrected chi connectivity index (χ0v) is 4.17. The molecule has 5 heavy (non-hydrogen) atoms. The van der Waals surface area contributed by atoms with Gasteiger partial charge in [0.15, 0.2) is 0 Å². The molecule has 0 aromatic heterocycles. The summed E-state index contributed by atoms with van der Waals surface area (Å²) in [6, 6.07) is 0. The average molecular weight is 86.1 g/mol. The van der Waals surface area contributed by atoms with Crippen LogP contribution in [0.15, 0.2) is 24.5 Å². The maximum atomic E-state index is 3.45. The number of rotatable bonds is 1. The highest BCUT2D eigenvalue weighted by atomic mass is 31.0. The van der Waals surface area contributed by atoms with Crippen LogP contribution in [0.2, 0.25) is 0 Å². The average Bonchev–Trinajstić information content (AvgIpc) is 1.41. The molecule has 0 nitrogen and oxygen atoms in total. The number of hydrogen-bond acceptors (Lipinski definition) is 0. The molecule has 0 saturated heterocycles. The van der Waals surface area contributed by atoms with Crippen molar-refractivity contribution in [1.29, 1.82) is 0 Å². The molecule has 0 aromatic rings. The summed E-state index contributed by atoms with van der Waals surface area (Å²) in [7, 11) is 2.45. The Morgan fingerprint density at radius 2 is 2.20 bits per heavy atom. The van der Waals surface area contributed by atoms with E-state index in [2.05, 4.69) is 15.8 Å². The van der Waals surface area contributed by atoms with E-state index in [-0.39, 0.29) is 0 Å². The van der Waals surface area contributed by atoms with Crippen LogP contribution < -0.4 is 0 Å². The second kappa shape index (κ2) is 3.91. The summed E-state index contributed by atoms with van der Waals surface area (Å²) in [6.45, 7) is 3.45. The molecule has 0 saturated carbocycles. The van der Waals surface area contributed by atoms with Gasteiger partial charge in [0, 0.05) is 0 Å². The molecular formula is C4H7P. The maximum Gasteiger partial charge on any atom is -0.0629 e. The topological polar surface area (TPSA) is 0 Å². The second-order valence-corrected chi connectivity index (χ2v) is 1.01. The molecule has 28 valence electrons. The monoisotopic (exact) mass is 86.0 g/mol.